The van der Waals surface area contributed by atoms with Gasteiger partial charge >= 0.3 is 0 Å². The molecule has 0 aromatic heterocycles. The Morgan fingerprint density at radius 3 is 2.35 bits per heavy atom. The molecule has 2 aromatic rings. The van der Waals surface area contributed by atoms with Crippen LogP contribution in [-0.4, -0.2) is 6.61 Å². The molecule has 1 saturated carbocycles. The van der Waals surface area contributed by atoms with E-state index in [1.165, 1.54) is 44.1 Å². The number of halogens is 1. The van der Waals surface area contributed by atoms with E-state index in [1.54, 1.807) is 12.1 Å². The number of rotatable bonds is 8. The fraction of sp³-hybridized carbons (Fsp3) is 0.458. The highest BCUT2D eigenvalue weighted by Gasteiger charge is 2.15. The lowest BCUT2D eigenvalue weighted by Gasteiger charge is -2.22. The topological polar surface area (TPSA) is 9.23 Å². The zero-order chi connectivity index (χ0) is 18.2. The van der Waals surface area contributed by atoms with E-state index >= 15 is 0 Å². The molecule has 0 aliphatic heterocycles. The van der Waals surface area contributed by atoms with Crippen LogP contribution >= 0.6 is 0 Å². The third-order valence-corrected chi connectivity index (χ3v) is 5.34. The molecule has 0 saturated heterocycles. The molecule has 0 heterocycles. The Kier molecular flexibility index (Phi) is 7.11. The largest absolute Gasteiger partial charge is 0.491 e. The predicted molar refractivity (Wildman–Crippen MR) is 107 cm³/mol. The van der Waals surface area contributed by atoms with Crippen molar-refractivity contribution in [1.82, 2.24) is 0 Å². The van der Waals surface area contributed by atoms with E-state index in [-0.39, 0.29) is 5.82 Å². The van der Waals surface area contributed by atoms with Gasteiger partial charge in [-0.1, -0.05) is 56.5 Å². The Morgan fingerprint density at radius 1 is 0.923 bits per heavy atom. The van der Waals surface area contributed by atoms with E-state index in [0.717, 1.165) is 24.0 Å². The van der Waals surface area contributed by atoms with E-state index in [9.17, 15) is 4.39 Å². The van der Waals surface area contributed by atoms with Gasteiger partial charge in [0, 0.05) is 0 Å². The molecular weight excluding hydrogens is 323 g/mol. The maximum atomic E-state index is 14.4. The van der Waals surface area contributed by atoms with Crippen LogP contribution in [0.2, 0.25) is 0 Å². The molecule has 139 valence electrons. The summed E-state index contributed by atoms with van der Waals surface area (Å²) < 4.78 is 19.9. The van der Waals surface area contributed by atoms with Crippen LogP contribution in [0.1, 0.15) is 69.8 Å². The molecule has 0 spiro atoms. The highest BCUT2D eigenvalue weighted by molar-refractivity contribution is 5.64. The van der Waals surface area contributed by atoms with Gasteiger partial charge in [-0.3, -0.25) is 0 Å². The van der Waals surface area contributed by atoms with Crippen molar-refractivity contribution in [2.45, 2.75) is 64.2 Å². The van der Waals surface area contributed by atoms with Crippen LogP contribution in [0.4, 0.5) is 4.39 Å². The van der Waals surface area contributed by atoms with Crippen LogP contribution in [0.3, 0.4) is 0 Å². The Labute approximate surface area is 157 Å². The summed E-state index contributed by atoms with van der Waals surface area (Å²) in [6, 6.07) is 14.0. The molecule has 0 amide bonds. The summed E-state index contributed by atoms with van der Waals surface area (Å²) in [7, 11) is 0. The molecule has 3 rings (SSSR count). The molecule has 0 atom stereocenters. The van der Waals surface area contributed by atoms with Gasteiger partial charge in [0.1, 0.15) is 0 Å². The summed E-state index contributed by atoms with van der Waals surface area (Å²) >= 11 is 0. The third-order valence-electron chi connectivity index (χ3n) is 5.34. The number of hydrogen-bond donors (Lipinski definition) is 0. The molecule has 1 radical (unpaired) electrons. The Morgan fingerprint density at radius 2 is 1.65 bits per heavy atom. The molecule has 0 N–H and O–H groups in total. The molecule has 2 heteroatoms. The molecule has 1 nitrogen and oxygen atoms in total. The summed E-state index contributed by atoms with van der Waals surface area (Å²) in [5.41, 5.74) is 3.38. The minimum absolute atomic E-state index is 0.273. The van der Waals surface area contributed by atoms with Gasteiger partial charge in [0.2, 0.25) is 0 Å². The van der Waals surface area contributed by atoms with E-state index < -0.39 is 0 Å². The van der Waals surface area contributed by atoms with Gasteiger partial charge in [0.15, 0.2) is 11.6 Å². The highest BCUT2D eigenvalue weighted by atomic mass is 19.1. The lowest BCUT2D eigenvalue weighted by atomic mass is 9.84. The van der Waals surface area contributed by atoms with Crippen LogP contribution < -0.4 is 4.74 Å². The van der Waals surface area contributed by atoms with Crippen molar-refractivity contribution in [2.75, 3.05) is 6.61 Å². The van der Waals surface area contributed by atoms with Crippen LogP contribution in [-0.2, 0) is 0 Å². The molecule has 2 aromatic carbocycles. The zero-order valence-corrected chi connectivity index (χ0v) is 15.8. The maximum Gasteiger partial charge on any atom is 0.165 e. The third kappa shape index (κ3) is 5.09. The van der Waals surface area contributed by atoms with Crippen molar-refractivity contribution in [2.24, 2.45) is 0 Å². The van der Waals surface area contributed by atoms with Crippen LogP contribution in [0.15, 0.2) is 42.5 Å². The number of ether oxygens (including phenoxy) is 1. The van der Waals surface area contributed by atoms with Crippen molar-refractivity contribution in [3.05, 3.63) is 60.3 Å². The second kappa shape index (κ2) is 9.75. The fourth-order valence-electron chi connectivity index (χ4n) is 3.72. The second-order valence-electron chi connectivity index (χ2n) is 7.32. The smallest absolute Gasteiger partial charge is 0.165 e. The quantitative estimate of drug-likeness (QED) is 0.452. The first-order valence-electron chi connectivity index (χ1n) is 10.1. The fourth-order valence-corrected chi connectivity index (χ4v) is 3.72. The van der Waals surface area contributed by atoms with E-state index in [1.807, 2.05) is 6.07 Å². The van der Waals surface area contributed by atoms with Crippen molar-refractivity contribution in [3.8, 4) is 16.9 Å². The molecule has 0 bridgehead atoms. The number of unbranched alkanes of at least 4 members (excludes halogenated alkanes) is 3. The first-order chi connectivity index (χ1) is 12.8. The van der Waals surface area contributed by atoms with E-state index in [4.69, 9.17) is 4.74 Å². The van der Waals surface area contributed by atoms with Crippen molar-refractivity contribution in [1.29, 1.82) is 0 Å². The van der Waals surface area contributed by atoms with Crippen LogP contribution in [0, 0.1) is 12.2 Å². The van der Waals surface area contributed by atoms with Gasteiger partial charge in [-0.25, -0.2) is 4.39 Å². The Balaban J connectivity index is 1.61. The van der Waals surface area contributed by atoms with Gasteiger partial charge < -0.3 is 4.74 Å². The zero-order valence-electron chi connectivity index (χ0n) is 15.8. The summed E-state index contributed by atoms with van der Waals surface area (Å²) in [5, 5.41) is 0. The first-order valence-corrected chi connectivity index (χ1v) is 10.1. The normalized spacial score (nSPS) is 15.2. The lowest BCUT2D eigenvalue weighted by Crippen LogP contribution is -2.04. The molecule has 1 aliphatic rings. The SMILES string of the molecule is CCCCCCOc1ccc(-c2ccc(C3CC[CH]CC3)cc2)cc1F. The molecule has 0 unspecified atom stereocenters. The predicted octanol–water partition coefficient (Wildman–Crippen LogP) is 7.31. The Bertz CT molecular complexity index is 671. The highest BCUT2D eigenvalue weighted by Crippen LogP contribution is 2.33. The average molecular weight is 354 g/mol. The van der Waals surface area contributed by atoms with Crippen molar-refractivity contribution < 1.29 is 9.13 Å². The van der Waals surface area contributed by atoms with Gasteiger partial charge in [0.05, 0.1) is 6.61 Å². The molecule has 1 fully saturated rings. The summed E-state index contributed by atoms with van der Waals surface area (Å²) in [5.74, 6) is 0.763. The molecule has 26 heavy (non-hydrogen) atoms. The van der Waals surface area contributed by atoms with E-state index in [0.29, 0.717) is 18.3 Å². The minimum Gasteiger partial charge on any atom is -0.491 e. The lowest BCUT2D eigenvalue weighted by molar-refractivity contribution is 0.290. The van der Waals surface area contributed by atoms with Gasteiger partial charge in [-0.15, -0.1) is 0 Å². The second-order valence-corrected chi connectivity index (χ2v) is 7.32. The number of benzene rings is 2. The van der Waals surface area contributed by atoms with Gasteiger partial charge in [-0.05, 0) is 73.3 Å². The summed E-state index contributed by atoms with van der Waals surface area (Å²) in [6.07, 6.45) is 11.9. The molecule has 1 aliphatic carbocycles. The van der Waals surface area contributed by atoms with Crippen LogP contribution in [0.25, 0.3) is 11.1 Å². The number of hydrogen-bond acceptors (Lipinski definition) is 1. The summed E-state index contributed by atoms with van der Waals surface area (Å²) in [6.45, 7) is 2.77. The maximum absolute atomic E-state index is 14.4. The standard InChI is InChI=1S/C24H30FO/c1-2-3-4-8-17-26-24-16-15-22(18-23(24)25)21-13-11-20(12-14-21)19-9-6-5-7-10-19/h5,11-16,18-19H,2-4,6-10,17H2,1H3. The monoisotopic (exact) mass is 353 g/mol. The van der Waals surface area contributed by atoms with Crippen molar-refractivity contribution in [3.63, 3.8) is 0 Å². The average Bonchev–Trinajstić information content (AvgIpc) is 2.70. The Hall–Kier alpha value is -1.83. The van der Waals surface area contributed by atoms with E-state index in [2.05, 4.69) is 37.6 Å². The molecular formula is C24H30FO. The van der Waals surface area contributed by atoms with Gasteiger partial charge in [-0.2, -0.15) is 0 Å². The first kappa shape index (κ1) is 18.9. The van der Waals surface area contributed by atoms with Crippen molar-refractivity contribution >= 4 is 0 Å². The van der Waals surface area contributed by atoms with Crippen LogP contribution in [0.5, 0.6) is 5.75 Å². The minimum atomic E-state index is -0.273. The summed E-state index contributed by atoms with van der Waals surface area (Å²) in [4.78, 5) is 0. The van der Waals surface area contributed by atoms with Gasteiger partial charge in [0.25, 0.3) is 0 Å².